The van der Waals surface area contributed by atoms with Crippen LogP contribution in [0.4, 0.5) is 15.3 Å². The molecule has 0 bridgehead atoms. The van der Waals surface area contributed by atoms with Crippen LogP contribution in [0.5, 0.6) is 5.75 Å². The lowest BCUT2D eigenvalue weighted by Crippen LogP contribution is -2.55. The first-order valence-electron chi connectivity index (χ1n) is 14.2. The first-order chi connectivity index (χ1) is 18.9. The Labute approximate surface area is 243 Å². The maximum Gasteiger partial charge on any atom is 0.410 e. The van der Waals surface area contributed by atoms with Crippen molar-refractivity contribution in [2.45, 2.75) is 91.5 Å². The Hall–Kier alpha value is -3.50. The number of hydrogen-bond acceptors (Lipinski definition) is 7. The Morgan fingerprint density at radius 3 is 2.41 bits per heavy atom. The van der Waals surface area contributed by atoms with E-state index in [9.17, 15) is 19.2 Å². The number of likely N-dealkylation sites (tertiary alicyclic amines) is 1. The number of piperidine rings is 1. The van der Waals surface area contributed by atoms with E-state index in [0.717, 1.165) is 12.8 Å². The fourth-order valence-corrected chi connectivity index (χ4v) is 5.16. The summed E-state index contributed by atoms with van der Waals surface area (Å²) in [7, 11) is 3.17. The lowest BCUT2D eigenvalue weighted by molar-refractivity contribution is -0.132. The van der Waals surface area contributed by atoms with Crippen molar-refractivity contribution in [2.75, 3.05) is 45.2 Å². The number of carbonyl (C=O) groups excluding carboxylic acids is 4. The van der Waals surface area contributed by atoms with E-state index in [-0.39, 0.29) is 43.1 Å². The van der Waals surface area contributed by atoms with Gasteiger partial charge in [0.15, 0.2) is 5.60 Å². The average molecular weight is 575 g/mol. The van der Waals surface area contributed by atoms with Crippen molar-refractivity contribution < 1.29 is 33.4 Å². The Morgan fingerprint density at radius 1 is 1.17 bits per heavy atom. The lowest BCUT2D eigenvalue weighted by Gasteiger charge is -2.42. The molecule has 2 heterocycles. The lowest BCUT2D eigenvalue weighted by atomic mass is 9.97. The summed E-state index contributed by atoms with van der Waals surface area (Å²) in [5.41, 5.74) is -0.135. The predicted octanol–water partition coefficient (Wildman–Crippen LogP) is 4.45. The summed E-state index contributed by atoms with van der Waals surface area (Å²) < 4.78 is 16.9. The number of rotatable bonds is 6. The van der Waals surface area contributed by atoms with Crippen LogP contribution in [0.1, 0.15) is 77.2 Å². The van der Waals surface area contributed by atoms with Crippen LogP contribution >= 0.6 is 0 Å². The summed E-state index contributed by atoms with van der Waals surface area (Å²) in [5, 5.41) is 0. The van der Waals surface area contributed by atoms with Crippen LogP contribution in [0, 0.1) is 6.92 Å². The molecule has 1 fully saturated rings. The van der Waals surface area contributed by atoms with Gasteiger partial charge in [-0.25, -0.2) is 9.59 Å². The van der Waals surface area contributed by atoms with Crippen molar-refractivity contribution in [3.05, 3.63) is 23.3 Å². The van der Waals surface area contributed by atoms with E-state index in [2.05, 4.69) is 0 Å². The summed E-state index contributed by atoms with van der Waals surface area (Å²) >= 11 is 0. The van der Waals surface area contributed by atoms with Crippen molar-refractivity contribution in [3.8, 4) is 5.75 Å². The van der Waals surface area contributed by atoms with Crippen molar-refractivity contribution in [3.63, 3.8) is 0 Å². The van der Waals surface area contributed by atoms with E-state index >= 15 is 0 Å². The number of hydrogen-bond donors (Lipinski definition) is 0. The van der Waals surface area contributed by atoms with Gasteiger partial charge in [0.05, 0.1) is 18.3 Å². The van der Waals surface area contributed by atoms with Gasteiger partial charge in [-0.15, -0.1) is 0 Å². The molecule has 3 rings (SSSR count). The van der Waals surface area contributed by atoms with Gasteiger partial charge >= 0.3 is 12.2 Å². The second kappa shape index (κ2) is 12.2. The van der Waals surface area contributed by atoms with Gasteiger partial charge in [-0.2, -0.15) is 0 Å². The third-order valence-corrected chi connectivity index (χ3v) is 7.09. The molecule has 0 aromatic heterocycles. The molecule has 1 atom stereocenters. The molecule has 1 saturated heterocycles. The van der Waals surface area contributed by atoms with Crippen LogP contribution < -0.4 is 9.64 Å². The first-order valence-corrected chi connectivity index (χ1v) is 14.2. The van der Waals surface area contributed by atoms with E-state index in [4.69, 9.17) is 14.2 Å². The summed E-state index contributed by atoms with van der Waals surface area (Å²) in [6.45, 7) is 15.7. The fraction of sp³-hybridized carbons (Fsp3) is 0.667. The molecule has 1 aromatic carbocycles. The van der Waals surface area contributed by atoms with Gasteiger partial charge < -0.3 is 33.8 Å². The Kier molecular flexibility index (Phi) is 9.50. The van der Waals surface area contributed by atoms with E-state index in [1.54, 1.807) is 45.0 Å². The van der Waals surface area contributed by atoms with Gasteiger partial charge in [0, 0.05) is 38.8 Å². The molecular formula is C30H46N4O7. The minimum atomic E-state index is -1.13. The fourth-order valence-electron chi connectivity index (χ4n) is 5.16. The quantitative estimate of drug-likeness (QED) is 0.494. The third-order valence-electron chi connectivity index (χ3n) is 7.09. The number of carbonyl (C=O) groups is 4. The molecule has 0 aliphatic carbocycles. The number of anilines is 1. The predicted molar refractivity (Wildman–Crippen MR) is 155 cm³/mol. The molecule has 228 valence electrons. The molecule has 0 unspecified atom stereocenters. The van der Waals surface area contributed by atoms with Gasteiger partial charge in [-0.1, -0.05) is 0 Å². The maximum atomic E-state index is 14.2. The maximum absolute atomic E-state index is 14.2. The standard InChI is InChI=1S/C30H46N4O7/c1-19(2)34(21-12-11-13-32(18-21)28(38)41-29(4,5)6)25(35)22-17-23-24(16-20(22)3)40-30(7,8)26(36)33(23)14-15-39-27(37)31(9)10/h16-17,19,21H,11-15,18H2,1-10H3/t21-/m1/s1. The SMILES string of the molecule is Cc1cc2c(cc1C(=O)N(C(C)C)[C@@H]1CCCN(C(=O)OC(C)(C)C)C1)N(CCOC(=O)N(C)C)C(=O)C(C)(C)O2. The zero-order valence-corrected chi connectivity index (χ0v) is 26.2. The number of amides is 4. The highest BCUT2D eigenvalue weighted by Gasteiger charge is 2.42. The third kappa shape index (κ3) is 7.42. The molecule has 0 N–H and O–H groups in total. The molecule has 0 saturated carbocycles. The largest absolute Gasteiger partial charge is 0.476 e. The number of aryl methyl sites for hydroxylation is 1. The van der Waals surface area contributed by atoms with Crippen LogP contribution in [0.15, 0.2) is 12.1 Å². The van der Waals surface area contributed by atoms with Crippen LogP contribution in [0.25, 0.3) is 0 Å². The highest BCUT2D eigenvalue weighted by Crippen LogP contribution is 2.40. The summed E-state index contributed by atoms with van der Waals surface area (Å²) in [5.74, 6) is -0.00536. The Balaban J connectivity index is 1.92. The van der Waals surface area contributed by atoms with Crippen LogP contribution in [0.3, 0.4) is 0 Å². The summed E-state index contributed by atoms with van der Waals surface area (Å²) in [6.07, 6.45) is 0.616. The topological polar surface area (TPSA) is 109 Å². The molecule has 1 aromatic rings. The smallest absolute Gasteiger partial charge is 0.410 e. The minimum Gasteiger partial charge on any atom is -0.476 e. The number of benzene rings is 1. The first kappa shape index (κ1) is 32.0. The van der Waals surface area contributed by atoms with Crippen molar-refractivity contribution in [1.82, 2.24) is 14.7 Å². The van der Waals surface area contributed by atoms with Gasteiger partial charge in [0.25, 0.3) is 11.8 Å². The molecule has 11 nitrogen and oxygen atoms in total. The molecule has 2 aliphatic heterocycles. The molecule has 0 radical (unpaired) electrons. The summed E-state index contributed by atoms with van der Waals surface area (Å²) in [6, 6.07) is 3.14. The molecule has 41 heavy (non-hydrogen) atoms. The summed E-state index contributed by atoms with van der Waals surface area (Å²) in [4.78, 5) is 58.6. The van der Waals surface area contributed by atoms with Gasteiger partial charge in [-0.05, 0) is 85.9 Å². The van der Waals surface area contributed by atoms with Gasteiger partial charge in [0.2, 0.25) is 0 Å². The number of nitrogens with zero attached hydrogens (tertiary/aromatic N) is 4. The van der Waals surface area contributed by atoms with Crippen LogP contribution in [0.2, 0.25) is 0 Å². The van der Waals surface area contributed by atoms with Crippen LogP contribution in [-0.4, -0.2) is 102 Å². The normalized spacial score (nSPS) is 18.4. The minimum absolute atomic E-state index is 0.0177. The molecular weight excluding hydrogens is 528 g/mol. The van der Waals surface area contributed by atoms with E-state index in [1.807, 2.05) is 46.4 Å². The van der Waals surface area contributed by atoms with Crippen molar-refractivity contribution >= 4 is 29.7 Å². The second-order valence-electron chi connectivity index (χ2n) is 12.7. The van der Waals surface area contributed by atoms with E-state index in [1.165, 1.54) is 9.80 Å². The highest BCUT2D eigenvalue weighted by atomic mass is 16.6. The molecule has 2 aliphatic rings. The van der Waals surface area contributed by atoms with Gasteiger partial charge in [0.1, 0.15) is 18.0 Å². The second-order valence-corrected chi connectivity index (χ2v) is 12.7. The zero-order valence-electron chi connectivity index (χ0n) is 26.2. The molecule has 0 spiro atoms. The Bertz CT molecular complexity index is 1170. The Morgan fingerprint density at radius 2 is 1.83 bits per heavy atom. The average Bonchev–Trinajstić information content (AvgIpc) is 2.84. The van der Waals surface area contributed by atoms with Crippen molar-refractivity contribution in [2.24, 2.45) is 0 Å². The van der Waals surface area contributed by atoms with Crippen molar-refractivity contribution in [1.29, 1.82) is 0 Å². The van der Waals surface area contributed by atoms with E-state index < -0.39 is 17.3 Å². The highest BCUT2D eigenvalue weighted by molar-refractivity contribution is 6.05. The molecule has 4 amide bonds. The van der Waals surface area contributed by atoms with Crippen LogP contribution in [-0.2, 0) is 14.3 Å². The molecule has 11 heteroatoms. The zero-order chi connectivity index (χ0) is 30.9. The number of fused-ring (bicyclic) bond motifs is 1. The van der Waals surface area contributed by atoms with E-state index in [0.29, 0.717) is 35.7 Å². The number of ether oxygens (including phenoxy) is 3. The van der Waals surface area contributed by atoms with Gasteiger partial charge in [-0.3, -0.25) is 9.59 Å². The monoisotopic (exact) mass is 574 g/mol.